The van der Waals surface area contributed by atoms with Crippen molar-refractivity contribution in [2.24, 2.45) is 0 Å². The van der Waals surface area contributed by atoms with Crippen LogP contribution in [0.5, 0.6) is 0 Å². The molecule has 0 unspecified atom stereocenters. The van der Waals surface area contributed by atoms with Crippen LogP contribution in [-0.4, -0.2) is 24.7 Å². The molecule has 24 heavy (non-hydrogen) atoms. The van der Waals surface area contributed by atoms with Gasteiger partial charge in [0.25, 0.3) is 5.56 Å². The molecule has 10 heteroatoms. The molecular formula is C14H11BrN3O4PS. The maximum atomic E-state index is 11.7. The Labute approximate surface area is 148 Å². The van der Waals surface area contributed by atoms with E-state index in [9.17, 15) is 9.36 Å². The van der Waals surface area contributed by atoms with Crippen LogP contribution in [0.1, 0.15) is 5.56 Å². The summed E-state index contributed by atoms with van der Waals surface area (Å²) in [4.78, 5) is 40.8. The van der Waals surface area contributed by atoms with Crippen LogP contribution in [0.3, 0.4) is 0 Å². The summed E-state index contributed by atoms with van der Waals surface area (Å²) < 4.78 is 11.8. The Balaban J connectivity index is 2.03. The van der Waals surface area contributed by atoms with Crippen LogP contribution in [0.2, 0.25) is 0 Å². The van der Waals surface area contributed by atoms with Crippen molar-refractivity contribution in [2.45, 2.75) is 9.79 Å². The predicted octanol–water partition coefficient (Wildman–Crippen LogP) is 3.31. The number of benzene rings is 1. The van der Waals surface area contributed by atoms with E-state index >= 15 is 0 Å². The van der Waals surface area contributed by atoms with Gasteiger partial charge in [0.2, 0.25) is 0 Å². The van der Waals surface area contributed by atoms with Crippen LogP contribution < -0.4 is 5.56 Å². The molecule has 0 fully saturated rings. The van der Waals surface area contributed by atoms with E-state index < -0.39 is 7.60 Å². The number of rotatable bonds is 4. The van der Waals surface area contributed by atoms with Gasteiger partial charge in [-0.25, -0.2) is 4.98 Å². The molecule has 124 valence electrons. The predicted molar refractivity (Wildman–Crippen MR) is 96.1 cm³/mol. The molecule has 0 aliphatic rings. The SMILES string of the molecule is O=c1[nH]cnc2c(Sc3ccc(Br)cc3/C=C/P(=O)(O)O)c[nH]c12. The molecule has 0 bridgehead atoms. The van der Waals surface area contributed by atoms with Gasteiger partial charge in [-0.2, -0.15) is 0 Å². The quantitative estimate of drug-likeness (QED) is 0.474. The van der Waals surface area contributed by atoms with E-state index in [1.54, 1.807) is 12.3 Å². The average Bonchev–Trinajstić information content (AvgIpc) is 2.91. The molecule has 2 heterocycles. The minimum absolute atomic E-state index is 0.260. The highest BCUT2D eigenvalue weighted by Crippen LogP contribution is 2.40. The van der Waals surface area contributed by atoms with E-state index in [1.807, 2.05) is 12.1 Å². The van der Waals surface area contributed by atoms with Crippen molar-refractivity contribution in [3.63, 3.8) is 0 Å². The third-order valence-corrected chi connectivity index (χ3v) is 5.23. The highest BCUT2D eigenvalue weighted by Gasteiger charge is 2.12. The monoisotopic (exact) mass is 427 g/mol. The number of fused-ring (bicyclic) bond motifs is 1. The lowest BCUT2D eigenvalue weighted by Crippen LogP contribution is -2.05. The van der Waals surface area contributed by atoms with Gasteiger partial charge in [-0.05, 0) is 29.8 Å². The second kappa shape index (κ2) is 6.70. The number of H-pyrrole nitrogens is 2. The zero-order valence-corrected chi connectivity index (χ0v) is 15.2. The van der Waals surface area contributed by atoms with Crippen molar-refractivity contribution in [2.75, 3.05) is 0 Å². The molecule has 0 atom stereocenters. The summed E-state index contributed by atoms with van der Waals surface area (Å²) in [6.07, 6.45) is 4.39. The fraction of sp³-hybridized carbons (Fsp3) is 0. The Hall–Kier alpha value is -1.64. The smallest absolute Gasteiger partial charge is 0.349 e. The normalized spacial score (nSPS) is 12.3. The van der Waals surface area contributed by atoms with Crippen molar-refractivity contribution >= 4 is 52.4 Å². The molecule has 0 spiro atoms. The molecule has 0 aliphatic heterocycles. The number of nitrogens with one attached hydrogen (secondary N) is 2. The zero-order chi connectivity index (χ0) is 17.3. The lowest BCUT2D eigenvalue weighted by molar-refractivity contribution is 0.386. The number of aromatic nitrogens is 3. The number of halogens is 1. The molecule has 3 aromatic rings. The summed E-state index contributed by atoms with van der Waals surface area (Å²) in [5.41, 5.74) is 1.29. The van der Waals surface area contributed by atoms with E-state index in [0.717, 1.165) is 20.1 Å². The van der Waals surface area contributed by atoms with Gasteiger partial charge in [-0.1, -0.05) is 27.7 Å². The van der Waals surface area contributed by atoms with Crippen LogP contribution in [0, 0.1) is 0 Å². The summed E-state index contributed by atoms with van der Waals surface area (Å²) in [7, 11) is -4.25. The maximum absolute atomic E-state index is 11.7. The van der Waals surface area contributed by atoms with E-state index in [4.69, 9.17) is 9.79 Å². The molecule has 4 N–H and O–H groups in total. The first-order valence-corrected chi connectivity index (χ1v) is 9.89. The third-order valence-electron chi connectivity index (χ3n) is 3.07. The minimum atomic E-state index is -4.25. The van der Waals surface area contributed by atoms with E-state index in [2.05, 4.69) is 30.9 Å². The van der Waals surface area contributed by atoms with Crippen molar-refractivity contribution < 1.29 is 14.4 Å². The van der Waals surface area contributed by atoms with Crippen LogP contribution in [0.15, 0.2) is 55.6 Å². The van der Waals surface area contributed by atoms with Gasteiger partial charge < -0.3 is 19.8 Å². The summed E-state index contributed by atoms with van der Waals surface area (Å²) in [6.45, 7) is 0. The topological polar surface area (TPSA) is 119 Å². The molecular weight excluding hydrogens is 417 g/mol. The van der Waals surface area contributed by atoms with Crippen LogP contribution in [-0.2, 0) is 4.57 Å². The number of nitrogens with zero attached hydrogens (tertiary/aromatic N) is 1. The standard InChI is InChI=1S/C14H11BrN3O4PS/c15-9-1-2-10(8(5-9)3-4-23(20,21)22)24-11-6-16-13-12(11)17-7-18-14(13)19/h1-7,16H,(H,17,18,19)(H2,20,21,22)/b4-3+. The number of hydrogen-bond acceptors (Lipinski definition) is 4. The largest absolute Gasteiger partial charge is 0.354 e. The number of hydrogen-bond donors (Lipinski definition) is 4. The fourth-order valence-electron chi connectivity index (χ4n) is 2.04. The summed E-state index contributed by atoms with van der Waals surface area (Å²) in [5, 5.41) is 0. The first-order valence-electron chi connectivity index (χ1n) is 6.60. The average molecular weight is 428 g/mol. The third kappa shape index (κ3) is 3.88. The molecule has 2 aromatic heterocycles. The van der Waals surface area contributed by atoms with Gasteiger partial charge in [-0.3, -0.25) is 9.36 Å². The zero-order valence-electron chi connectivity index (χ0n) is 11.9. The molecule has 0 aliphatic carbocycles. The first-order chi connectivity index (χ1) is 11.3. The van der Waals surface area contributed by atoms with Crippen molar-refractivity contribution in [1.82, 2.24) is 15.0 Å². The molecule has 0 saturated carbocycles. The Kier molecular flexibility index (Phi) is 4.80. The Morgan fingerprint density at radius 1 is 1.25 bits per heavy atom. The fourth-order valence-corrected chi connectivity index (χ4v) is 3.76. The van der Waals surface area contributed by atoms with Gasteiger partial charge in [0.05, 0.1) is 11.2 Å². The molecule has 1 aromatic carbocycles. The van der Waals surface area contributed by atoms with Crippen molar-refractivity contribution in [1.29, 1.82) is 0 Å². The van der Waals surface area contributed by atoms with Crippen LogP contribution in [0.25, 0.3) is 17.1 Å². The van der Waals surface area contributed by atoms with E-state index in [0.29, 0.717) is 16.6 Å². The second-order valence-corrected chi connectivity index (χ2v) is 8.27. The van der Waals surface area contributed by atoms with Gasteiger partial charge >= 0.3 is 7.60 Å². The summed E-state index contributed by atoms with van der Waals surface area (Å²) in [6, 6.07) is 5.40. The van der Waals surface area contributed by atoms with Gasteiger partial charge in [0.1, 0.15) is 11.0 Å². The Morgan fingerprint density at radius 3 is 2.79 bits per heavy atom. The van der Waals surface area contributed by atoms with E-state index in [-0.39, 0.29) is 5.56 Å². The minimum Gasteiger partial charge on any atom is -0.354 e. The lowest BCUT2D eigenvalue weighted by atomic mass is 10.2. The summed E-state index contributed by atoms with van der Waals surface area (Å²) in [5.74, 6) is 0.858. The van der Waals surface area contributed by atoms with Crippen LogP contribution >= 0.6 is 35.3 Å². The second-order valence-electron chi connectivity index (χ2n) is 4.80. The molecule has 3 rings (SSSR count). The summed E-state index contributed by atoms with van der Waals surface area (Å²) >= 11 is 4.69. The highest BCUT2D eigenvalue weighted by atomic mass is 79.9. The van der Waals surface area contributed by atoms with Gasteiger partial charge in [0.15, 0.2) is 0 Å². The van der Waals surface area contributed by atoms with Gasteiger partial charge in [-0.15, -0.1) is 0 Å². The molecule has 0 radical (unpaired) electrons. The molecule has 0 saturated heterocycles. The maximum Gasteiger partial charge on any atom is 0.349 e. The Morgan fingerprint density at radius 2 is 2.04 bits per heavy atom. The van der Waals surface area contributed by atoms with E-state index in [1.165, 1.54) is 24.2 Å². The lowest BCUT2D eigenvalue weighted by Gasteiger charge is -2.06. The van der Waals surface area contributed by atoms with Crippen LogP contribution in [0.4, 0.5) is 0 Å². The number of aromatic amines is 2. The molecule has 0 amide bonds. The van der Waals surface area contributed by atoms with Crippen molar-refractivity contribution in [3.05, 3.63) is 56.9 Å². The molecule has 7 nitrogen and oxygen atoms in total. The first kappa shape index (κ1) is 17.2. The highest BCUT2D eigenvalue weighted by molar-refractivity contribution is 9.10. The van der Waals surface area contributed by atoms with Crippen molar-refractivity contribution in [3.8, 4) is 0 Å². The Bertz CT molecular complexity index is 1040. The van der Waals surface area contributed by atoms with Gasteiger partial charge in [0, 0.05) is 21.4 Å².